The number of allylic oxidation sites excluding steroid dienone is 1. The second-order valence-electron chi connectivity index (χ2n) is 5.74. The van der Waals surface area contributed by atoms with E-state index < -0.39 is 0 Å². The summed E-state index contributed by atoms with van der Waals surface area (Å²) in [6.45, 7) is 0. The van der Waals surface area contributed by atoms with Gasteiger partial charge in [-0.1, -0.05) is 31.0 Å². The molecule has 1 saturated carbocycles. The van der Waals surface area contributed by atoms with Gasteiger partial charge in [-0.05, 0) is 37.2 Å². The fourth-order valence-corrected chi connectivity index (χ4v) is 4.67. The summed E-state index contributed by atoms with van der Waals surface area (Å²) in [5.74, 6) is 0.312. The first-order valence-corrected chi connectivity index (χ1v) is 8.76. The molecule has 1 aromatic carbocycles. The van der Waals surface area contributed by atoms with Crippen LogP contribution < -0.4 is 0 Å². The van der Waals surface area contributed by atoms with E-state index in [1.807, 2.05) is 35.1 Å². The molecule has 22 heavy (non-hydrogen) atoms. The summed E-state index contributed by atoms with van der Waals surface area (Å²) in [7, 11) is 0. The van der Waals surface area contributed by atoms with E-state index in [9.17, 15) is 5.11 Å². The highest BCUT2D eigenvalue weighted by atomic mass is 32.1. The fraction of sp³-hybridized carbons (Fsp3) is 0.294. The fourth-order valence-electron chi connectivity index (χ4n) is 3.27. The van der Waals surface area contributed by atoms with E-state index >= 15 is 0 Å². The zero-order chi connectivity index (χ0) is 15.1. The van der Waals surface area contributed by atoms with Crippen molar-refractivity contribution in [2.45, 2.75) is 31.7 Å². The Morgan fingerprint density at radius 2 is 2.05 bits per heavy atom. The Bertz CT molecular complexity index is 839. The summed E-state index contributed by atoms with van der Waals surface area (Å²) in [6.07, 6.45) is 8.51. The van der Waals surface area contributed by atoms with E-state index in [1.165, 1.54) is 24.2 Å². The molecule has 0 bridgehead atoms. The molecule has 0 atom stereocenters. The minimum absolute atomic E-state index is 0.312. The Hall–Kier alpha value is -1.72. The van der Waals surface area contributed by atoms with Crippen molar-refractivity contribution in [3.05, 3.63) is 38.7 Å². The molecule has 0 amide bonds. The van der Waals surface area contributed by atoms with Crippen LogP contribution in [0.15, 0.2) is 29.3 Å². The molecule has 1 N–H and O–H groups in total. The first kappa shape index (κ1) is 13.9. The van der Waals surface area contributed by atoms with E-state index in [1.54, 1.807) is 0 Å². The van der Waals surface area contributed by atoms with Crippen LogP contribution in [-0.2, 0) is 0 Å². The summed E-state index contributed by atoms with van der Waals surface area (Å²) < 4.78 is 2.71. The van der Waals surface area contributed by atoms with Gasteiger partial charge in [0.2, 0.25) is 5.88 Å². The van der Waals surface area contributed by atoms with Crippen molar-refractivity contribution in [3.63, 3.8) is 0 Å². The molecule has 4 rings (SSSR count). The maximum absolute atomic E-state index is 10.6. The maximum Gasteiger partial charge on any atom is 0.210 e. The number of benzene rings is 1. The third-order valence-corrected chi connectivity index (χ3v) is 5.72. The standard InChI is InChI=1S/C17H16N2OS2/c20-16-15(22-17(21)19(16)12-5-1-2-6-12)9-11-10-18-14-8-4-3-7-13(11)14/h3-4,7-10,12,20H,1-2,5-6H2. The predicted molar refractivity (Wildman–Crippen MR) is 94.8 cm³/mol. The van der Waals surface area contributed by atoms with Crippen LogP contribution in [0.25, 0.3) is 11.6 Å². The first-order valence-electron chi connectivity index (χ1n) is 7.53. The number of hydrogen-bond acceptors (Lipinski definition) is 4. The molecular weight excluding hydrogens is 312 g/mol. The van der Waals surface area contributed by atoms with Gasteiger partial charge < -0.3 is 5.11 Å². The Morgan fingerprint density at radius 1 is 1.27 bits per heavy atom. The van der Waals surface area contributed by atoms with Crippen molar-refractivity contribution in [2.24, 2.45) is 4.99 Å². The molecule has 5 heteroatoms. The van der Waals surface area contributed by atoms with Gasteiger partial charge in [0, 0.05) is 23.4 Å². The lowest BCUT2D eigenvalue weighted by Crippen LogP contribution is -2.03. The van der Waals surface area contributed by atoms with Crippen molar-refractivity contribution in [3.8, 4) is 5.88 Å². The minimum Gasteiger partial charge on any atom is -0.493 e. The Kier molecular flexibility index (Phi) is 3.47. The molecule has 2 heterocycles. The molecule has 0 radical (unpaired) electrons. The van der Waals surface area contributed by atoms with Crippen LogP contribution in [0, 0.1) is 3.95 Å². The first-order chi connectivity index (χ1) is 10.7. The number of aromatic hydroxyl groups is 1. The molecule has 0 unspecified atom stereocenters. The van der Waals surface area contributed by atoms with Crippen LogP contribution in [0.4, 0.5) is 5.69 Å². The number of nitrogens with zero attached hydrogens (tertiary/aromatic N) is 2. The quantitative estimate of drug-likeness (QED) is 0.754. The van der Waals surface area contributed by atoms with Gasteiger partial charge in [0.1, 0.15) is 0 Å². The zero-order valence-electron chi connectivity index (χ0n) is 12.0. The van der Waals surface area contributed by atoms with E-state index in [0.717, 1.165) is 38.5 Å². The van der Waals surface area contributed by atoms with Gasteiger partial charge in [-0.15, -0.1) is 11.3 Å². The predicted octanol–water partition coefficient (Wildman–Crippen LogP) is 5.36. The molecule has 2 aliphatic rings. The van der Waals surface area contributed by atoms with Crippen LogP contribution in [0.1, 0.15) is 42.2 Å². The SMILES string of the molecule is Oc1c(C=C2C=Nc3ccccc32)sc(=S)n1C1CCCC1. The second-order valence-corrected chi connectivity index (χ2v) is 7.41. The molecule has 0 saturated heterocycles. The van der Waals surface area contributed by atoms with Crippen LogP contribution in [0.3, 0.4) is 0 Å². The van der Waals surface area contributed by atoms with Gasteiger partial charge in [-0.3, -0.25) is 9.56 Å². The zero-order valence-corrected chi connectivity index (χ0v) is 13.7. The Balaban J connectivity index is 1.76. The van der Waals surface area contributed by atoms with Crippen LogP contribution >= 0.6 is 23.6 Å². The average Bonchev–Trinajstić information content (AvgIpc) is 3.22. The average molecular weight is 328 g/mol. The molecule has 1 aliphatic carbocycles. The van der Waals surface area contributed by atoms with Crippen LogP contribution in [0.2, 0.25) is 0 Å². The van der Waals surface area contributed by atoms with Gasteiger partial charge in [-0.2, -0.15) is 0 Å². The van der Waals surface area contributed by atoms with Gasteiger partial charge in [0.15, 0.2) is 3.95 Å². The number of rotatable bonds is 2. The lowest BCUT2D eigenvalue weighted by Gasteiger charge is -2.12. The number of aromatic nitrogens is 1. The van der Waals surface area contributed by atoms with Crippen molar-refractivity contribution in [1.29, 1.82) is 0 Å². The number of thiazole rings is 1. The molecule has 0 spiro atoms. The third-order valence-electron chi connectivity index (χ3n) is 4.38. The summed E-state index contributed by atoms with van der Waals surface area (Å²) in [4.78, 5) is 5.24. The number of para-hydroxylation sites is 1. The molecule has 1 aromatic heterocycles. The summed E-state index contributed by atoms with van der Waals surface area (Å²) >= 11 is 6.95. The Labute approximate surface area is 138 Å². The monoisotopic (exact) mass is 328 g/mol. The molecular formula is C17H16N2OS2. The lowest BCUT2D eigenvalue weighted by molar-refractivity contribution is 0.380. The van der Waals surface area contributed by atoms with Gasteiger partial charge in [0.05, 0.1) is 10.6 Å². The van der Waals surface area contributed by atoms with E-state index in [-0.39, 0.29) is 0 Å². The summed E-state index contributed by atoms with van der Waals surface area (Å²) in [5, 5.41) is 10.6. The van der Waals surface area contributed by atoms with Crippen molar-refractivity contribution < 1.29 is 5.11 Å². The summed E-state index contributed by atoms with van der Waals surface area (Å²) in [6, 6.07) is 8.40. The van der Waals surface area contributed by atoms with E-state index in [0.29, 0.717) is 11.9 Å². The summed E-state index contributed by atoms with van der Waals surface area (Å²) in [5.41, 5.74) is 3.11. The molecule has 1 aliphatic heterocycles. The highest BCUT2D eigenvalue weighted by molar-refractivity contribution is 7.73. The molecule has 3 nitrogen and oxygen atoms in total. The van der Waals surface area contributed by atoms with Gasteiger partial charge in [0.25, 0.3) is 0 Å². The van der Waals surface area contributed by atoms with E-state index in [2.05, 4.69) is 11.1 Å². The Morgan fingerprint density at radius 3 is 2.86 bits per heavy atom. The van der Waals surface area contributed by atoms with Crippen molar-refractivity contribution in [2.75, 3.05) is 0 Å². The smallest absolute Gasteiger partial charge is 0.210 e. The van der Waals surface area contributed by atoms with Gasteiger partial charge in [-0.25, -0.2) is 0 Å². The van der Waals surface area contributed by atoms with Crippen LogP contribution in [0.5, 0.6) is 5.88 Å². The number of aliphatic imine (C=N–C) groups is 1. The minimum atomic E-state index is 0.312. The highest BCUT2D eigenvalue weighted by Gasteiger charge is 2.23. The molecule has 1 fully saturated rings. The normalized spacial score (nSPS) is 19.2. The number of hydrogen-bond donors (Lipinski definition) is 1. The topological polar surface area (TPSA) is 37.5 Å². The highest BCUT2D eigenvalue weighted by Crippen LogP contribution is 2.40. The molecule has 112 valence electrons. The molecule has 2 aromatic rings. The largest absolute Gasteiger partial charge is 0.493 e. The van der Waals surface area contributed by atoms with E-state index in [4.69, 9.17) is 12.2 Å². The van der Waals surface area contributed by atoms with Crippen LogP contribution in [-0.4, -0.2) is 15.9 Å². The lowest BCUT2D eigenvalue weighted by atomic mass is 10.1. The number of fused-ring (bicyclic) bond motifs is 1. The van der Waals surface area contributed by atoms with Crippen molar-refractivity contribution >= 4 is 47.1 Å². The van der Waals surface area contributed by atoms with Crippen molar-refractivity contribution in [1.82, 2.24) is 4.57 Å². The third kappa shape index (κ3) is 2.25. The maximum atomic E-state index is 10.6. The second kappa shape index (κ2) is 5.48. The van der Waals surface area contributed by atoms with Gasteiger partial charge >= 0.3 is 0 Å².